The SMILES string of the molecule is CCOC(=O)CN(Cc1ccc(Cl)cc1)S(=O)(=O)c1cccc2cc(C)cnc12. The summed E-state index contributed by atoms with van der Waals surface area (Å²) in [6.45, 7) is 3.33. The van der Waals surface area contributed by atoms with Crippen molar-refractivity contribution in [3.63, 3.8) is 0 Å². The number of carbonyl (C=O) groups is 1. The van der Waals surface area contributed by atoms with Gasteiger partial charge in [-0.25, -0.2) is 8.42 Å². The molecule has 0 unspecified atom stereocenters. The van der Waals surface area contributed by atoms with Crippen LogP contribution in [0.3, 0.4) is 0 Å². The van der Waals surface area contributed by atoms with Crippen LogP contribution in [0.2, 0.25) is 5.02 Å². The summed E-state index contributed by atoms with van der Waals surface area (Å²) >= 11 is 5.92. The zero-order chi connectivity index (χ0) is 21.0. The van der Waals surface area contributed by atoms with Crippen LogP contribution in [0.5, 0.6) is 0 Å². The highest BCUT2D eigenvalue weighted by Crippen LogP contribution is 2.26. The number of hydrogen-bond acceptors (Lipinski definition) is 5. The molecule has 0 fully saturated rings. The Hall–Kier alpha value is -2.48. The number of fused-ring (bicyclic) bond motifs is 1. The number of benzene rings is 2. The molecule has 29 heavy (non-hydrogen) atoms. The van der Waals surface area contributed by atoms with E-state index in [1.54, 1.807) is 43.5 Å². The monoisotopic (exact) mass is 432 g/mol. The van der Waals surface area contributed by atoms with E-state index >= 15 is 0 Å². The third kappa shape index (κ3) is 4.93. The minimum absolute atomic E-state index is 0.000561. The van der Waals surface area contributed by atoms with E-state index in [0.29, 0.717) is 21.5 Å². The molecule has 3 rings (SSSR count). The molecule has 0 bridgehead atoms. The van der Waals surface area contributed by atoms with Crippen LogP contribution in [0.25, 0.3) is 10.9 Å². The zero-order valence-electron chi connectivity index (χ0n) is 16.1. The van der Waals surface area contributed by atoms with E-state index in [2.05, 4.69) is 4.98 Å². The highest BCUT2D eigenvalue weighted by Gasteiger charge is 2.29. The number of ether oxygens (including phenoxy) is 1. The van der Waals surface area contributed by atoms with Gasteiger partial charge < -0.3 is 4.74 Å². The van der Waals surface area contributed by atoms with Crippen molar-refractivity contribution < 1.29 is 17.9 Å². The Kier molecular flexibility index (Phi) is 6.52. The summed E-state index contributed by atoms with van der Waals surface area (Å²) in [7, 11) is -4.03. The van der Waals surface area contributed by atoms with Crippen molar-refractivity contribution in [1.82, 2.24) is 9.29 Å². The molecule has 0 aliphatic carbocycles. The Morgan fingerprint density at radius 2 is 1.90 bits per heavy atom. The van der Waals surface area contributed by atoms with E-state index in [-0.39, 0.29) is 18.0 Å². The van der Waals surface area contributed by atoms with Crippen LogP contribution in [0.1, 0.15) is 18.1 Å². The lowest BCUT2D eigenvalue weighted by molar-refractivity contribution is -0.143. The fourth-order valence-electron chi connectivity index (χ4n) is 2.96. The Bertz CT molecular complexity index is 1130. The van der Waals surface area contributed by atoms with Gasteiger partial charge >= 0.3 is 5.97 Å². The molecule has 152 valence electrons. The molecule has 0 saturated carbocycles. The number of halogens is 1. The number of sulfonamides is 1. The average molecular weight is 433 g/mol. The summed E-state index contributed by atoms with van der Waals surface area (Å²) in [4.78, 5) is 16.5. The molecule has 0 aliphatic heterocycles. The van der Waals surface area contributed by atoms with Gasteiger partial charge in [0.05, 0.1) is 12.1 Å². The smallest absolute Gasteiger partial charge is 0.321 e. The number of carbonyl (C=O) groups excluding carboxylic acids is 1. The second-order valence-corrected chi connectivity index (χ2v) is 8.89. The molecule has 3 aromatic rings. The topological polar surface area (TPSA) is 76.6 Å². The Morgan fingerprint density at radius 1 is 1.17 bits per heavy atom. The van der Waals surface area contributed by atoms with Crippen LogP contribution in [-0.2, 0) is 26.1 Å². The zero-order valence-corrected chi connectivity index (χ0v) is 17.7. The van der Waals surface area contributed by atoms with Crippen LogP contribution in [0.4, 0.5) is 0 Å². The molecule has 0 amide bonds. The van der Waals surface area contributed by atoms with Crippen molar-refractivity contribution in [1.29, 1.82) is 0 Å². The molecular formula is C21H21ClN2O4S. The number of pyridine rings is 1. The molecular weight excluding hydrogens is 412 g/mol. The van der Waals surface area contributed by atoms with Crippen molar-refractivity contribution in [2.45, 2.75) is 25.3 Å². The van der Waals surface area contributed by atoms with Gasteiger partial charge in [-0.15, -0.1) is 0 Å². The van der Waals surface area contributed by atoms with Crippen molar-refractivity contribution in [2.75, 3.05) is 13.2 Å². The first-order chi connectivity index (χ1) is 13.8. The lowest BCUT2D eigenvalue weighted by atomic mass is 10.2. The molecule has 1 aromatic heterocycles. The van der Waals surface area contributed by atoms with E-state index in [9.17, 15) is 13.2 Å². The standard InChI is InChI=1S/C21H21ClN2O4S/c1-3-28-20(25)14-24(13-16-7-9-18(22)10-8-16)29(26,27)19-6-4-5-17-11-15(2)12-23-21(17)19/h4-12H,3,13-14H2,1-2H3. The first-order valence-corrected chi connectivity index (χ1v) is 10.9. The molecule has 0 spiro atoms. The minimum Gasteiger partial charge on any atom is -0.465 e. The molecule has 2 aromatic carbocycles. The second-order valence-electron chi connectivity index (χ2n) is 6.55. The Morgan fingerprint density at radius 3 is 2.59 bits per heavy atom. The Balaban J connectivity index is 2.05. The number of rotatable bonds is 7. The van der Waals surface area contributed by atoms with Crippen LogP contribution >= 0.6 is 11.6 Å². The van der Waals surface area contributed by atoms with Gasteiger partial charge in [-0.05, 0) is 49.2 Å². The third-order valence-electron chi connectivity index (χ3n) is 4.31. The van der Waals surface area contributed by atoms with Gasteiger partial charge in [0, 0.05) is 23.2 Å². The van der Waals surface area contributed by atoms with Crippen molar-refractivity contribution in [2.24, 2.45) is 0 Å². The lowest BCUT2D eigenvalue weighted by Crippen LogP contribution is -2.36. The Labute approximate surface area is 175 Å². The van der Waals surface area contributed by atoms with Crippen LogP contribution in [0, 0.1) is 6.92 Å². The first kappa shape index (κ1) is 21.2. The summed E-state index contributed by atoms with van der Waals surface area (Å²) in [6, 6.07) is 13.6. The van der Waals surface area contributed by atoms with Gasteiger partial charge in [0.25, 0.3) is 0 Å². The minimum atomic E-state index is -4.03. The molecule has 0 aliphatic rings. The summed E-state index contributed by atoms with van der Waals surface area (Å²) < 4.78 is 33.1. The number of aromatic nitrogens is 1. The molecule has 0 atom stereocenters. The van der Waals surface area contributed by atoms with Gasteiger partial charge in [-0.3, -0.25) is 9.78 Å². The number of para-hydroxylation sites is 1. The van der Waals surface area contributed by atoms with E-state index < -0.39 is 22.5 Å². The maximum atomic E-state index is 13.5. The number of aryl methyl sites for hydroxylation is 1. The normalized spacial score (nSPS) is 11.7. The molecule has 0 saturated heterocycles. The van der Waals surface area contributed by atoms with Crippen LogP contribution in [0.15, 0.2) is 59.6 Å². The fourth-order valence-corrected chi connectivity index (χ4v) is 4.62. The predicted molar refractivity (Wildman–Crippen MR) is 112 cm³/mol. The van der Waals surface area contributed by atoms with E-state index in [1.165, 1.54) is 6.07 Å². The van der Waals surface area contributed by atoms with Gasteiger partial charge in [0.2, 0.25) is 10.0 Å². The van der Waals surface area contributed by atoms with E-state index in [4.69, 9.17) is 16.3 Å². The van der Waals surface area contributed by atoms with Crippen molar-refractivity contribution in [3.8, 4) is 0 Å². The third-order valence-corrected chi connectivity index (χ3v) is 6.39. The molecule has 1 heterocycles. The van der Waals surface area contributed by atoms with Gasteiger partial charge in [-0.1, -0.05) is 35.9 Å². The van der Waals surface area contributed by atoms with Gasteiger partial charge in [0.1, 0.15) is 11.4 Å². The summed E-state index contributed by atoms with van der Waals surface area (Å²) in [5.74, 6) is -0.617. The van der Waals surface area contributed by atoms with Gasteiger partial charge in [0.15, 0.2) is 0 Å². The average Bonchev–Trinajstić information content (AvgIpc) is 2.68. The van der Waals surface area contributed by atoms with E-state index in [0.717, 1.165) is 9.87 Å². The highest BCUT2D eigenvalue weighted by atomic mass is 35.5. The summed E-state index contributed by atoms with van der Waals surface area (Å²) in [6.07, 6.45) is 1.62. The summed E-state index contributed by atoms with van der Waals surface area (Å²) in [5, 5.41) is 1.26. The highest BCUT2D eigenvalue weighted by molar-refractivity contribution is 7.89. The number of hydrogen-bond donors (Lipinski definition) is 0. The molecule has 8 heteroatoms. The largest absolute Gasteiger partial charge is 0.465 e. The van der Waals surface area contributed by atoms with Crippen LogP contribution in [-0.4, -0.2) is 36.8 Å². The first-order valence-electron chi connectivity index (χ1n) is 9.07. The second kappa shape index (κ2) is 8.90. The summed E-state index contributed by atoms with van der Waals surface area (Å²) in [5.41, 5.74) is 1.99. The lowest BCUT2D eigenvalue weighted by Gasteiger charge is -2.22. The van der Waals surface area contributed by atoms with Gasteiger partial charge in [-0.2, -0.15) is 4.31 Å². The molecule has 0 N–H and O–H groups in total. The molecule has 6 nitrogen and oxygen atoms in total. The van der Waals surface area contributed by atoms with E-state index in [1.807, 2.05) is 19.1 Å². The number of esters is 1. The maximum Gasteiger partial charge on any atom is 0.321 e. The predicted octanol–water partition coefficient (Wildman–Crippen LogP) is 3.95. The quantitative estimate of drug-likeness (QED) is 0.528. The fraction of sp³-hybridized carbons (Fsp3) is 0.238. The number of nitrogens with zero attached hydrogens (tertiary/aromatic N) is 2. The van der Waals surface area contributed by atoms with Crippen LogP contribution < -0.4 is 0 Å². The van der Waals surface area contributed by atoms with Crippen molar-refractivity contribution >= 4 is 38.5 Å². The maximum absolute atomic E-state index is 13.5. The molecule has 0 radical (unpaired) electrons. The van der Waals surface area contributed by atoms with Crippen molar-refractivity contribution in [3.05, 3.63) is 70.9 Å².